The zero-order valence-electron chi connectivity index (χ0n) is 13.5. The van der Waals surface area contributed by atoms with E-state index >= 15 is 0 Å². The molecule has 0 aliphatic carbocycles. The Hall–Kier alpha value is -1.86. The number of nitrogens with zero attached hydrogens (tertiary/aromatic N) is 1. The van der Waals surface area contributed by atoms with Crippen molar-refractivity contribution in [3.8, 4) is 0 Å². The molecule has 126 valence electrons. The van der Waals surface area contributed by atoms with Crippen LogP contribution >= 0.6 is 0 Å². The Kier molecular flexibility index (Phi) is 5.43. The highest BCUT2D eigenvalue weighted by Crippen LogP contribution is 2.14. The van der Waals surface area contributed by atoms with Gasteiger partial charge >= 0.3 is 0 Å². The topological polar surface area (TPSA) is 75.7 Å². The van der Waals surface area contributed by atoms with E-state index in [0.717, 1.165) is 11.8 Å². The zero-order valence-corrected chi connectivity index (χ0v) is 14.3. The normalized spacial score (nSPS) is 22.3. The van der Waals surface area contributed by atoms with Gasteiger partial charge in [-0.25, -0.2) is 8.42 Å². The summed E-state index contributed by atoms with van der Waals surface area (Å²) in [7, 11) is -3.28. The van der Waals surface area contributed by atoms with Gasteiger partial charge in [-0.3, -0.25) is 9.52 Å². The monoisotopic (exact) mass is 338 g/mol. The van der Waals surface area contributed by atoms with Crippen molar-refractivity contribution >= 4 is 27.7 Å². The molecule has 1 fully saturated rings. The molecular weight excluding hydrogens is 316 g/mol. The third kappa shape index (κ3) is 5.37. The number of ether oxygens (including phenoxy) is 1. The Morgan fingerprint density at radius 1 is 1.30 bits per heavy atom. The summed E-state index contributed by atoms with van der Waals surface area (Å²) in [5, 5.41) is 0. The Bertz CT molecular complexity index is 683. The first-order valence-corrected chi connectivity index (χ1v) is 9.32. The fourth-order valence-corrected chi connectivity index (χ4v) is 2.91. The summed E-state index contributed by atoms with van der Waals surface area (Å²) in [6, 6.07) is 6.88. The standard InChI is InChI=1S/C16H22N2O4S/c1-12-11-22-13(2)10-18(12)16(19)9-6-14-4-7-15(8-5-14)17-23(3,20)21/h4-9,12-13,17H,10-11H2,1-3H3/b9-6+. The Morgan fingerprint density at radius 2 is 1.96 bits per heavy atom. The van der Waals surface area contributed by atoms with Crippen LogP contribution in [-0.2, 0) is 19.6 Å². The second-order valence-electron chi connectivity index (χ2n) is 5.81. The van der Waals surface area contributed by atoms with E-state index in [1.165, 1.54) is 6.08 Å². The molecule has 1 aliphatic rings. The van der Waals surface area contributed by atoms with Crippen LogP contribution in [0.2, 0.25) is 0 Å². The number of hydrogen-bond donors (Lipinski definition) is 1. The van der Waals surface area contributed by atoms with Gasteiger partial charge in [-0.2, -0.15) is 0 Å². The van der Waals surface area contributed by atoms with Gasteiger partial charge in [0.2, 0.25) is 15.9 Å². The number of hydrogen-bond acceptors (Lipinski definition) is 4. The first kappa shape index (κ1) is 17.5. The first-order valence-electron chi connectivity index (χ1n) is 7.43. The molecule has 1 heterocycles. The van der Waals surface area contributed by atoms with Crippen LogP contribution in [0, 0.1) is 0 Å². The van der Waals surface area contributed by atoms with E-state index in [9.17, 15) is 13.2 Å². The van der Waals surface area contributed by atoms with Crippen LogP contribution in [0.3, 0.4) is 0 Å². The Morgan fingerprint density at radius 3 is 2.57 bits per heavy atom. The summed E-state index contributed by atoms with van der Waals surface area (Å²) in [6.07, 6.45) is 4.40. The quantitative estimate of drug-likeness (QED) is 0.848. The van der Waals surface area contributed by atoms with Crippen molar-refractivity contribution in [2.24, 2.45) is 0 Å². The number of morpholine rings is 1. The van der Waals surface area contributed by atoms with Gasteiger partial charge in [-0.1, -0.05) is 12.1 Å². The van der Waals surface area contributed by atoms with E-state index in [-0.39, 0.29) is 18.1 Å². The molecule has 2 atom stereocenters. The molecule has 1 aromatic carbocycles. The van der Waals surface area contributed by atoms with Crippen molar-refractivity contribution in [1.82, 2.24) is 4.90 Å². The average Bonchev–Trinajstić information content (AvgIpc) is 2.47. The molecule has 0 bridgehead atoms. The molecular formula is C16H22N2O4S. The molecule has 1 amide bonds. The van der Waals surface area contributed by atoms with Crippen LogP contribution in [0.25, 0.3) is 6.08 Å². The summed E-state index contributed by atoms with van der Waals surface area (Å²) < 4.78 is 30.2. The number of sulfonamides is 1. The van der Waals surface area contributed by atoms with Crippen LogP contribution in [0.4, 0.5) is 5.69 Å². The first-order chi connectivity index (χ1) is 10.7. The zero-order chi connectivity index (χ0) is 17.0. The van der Waals surface area contributed by atoms with Crippen LogP contribution < -0.4 is 4.72 Å². The van der Waals surface area contributed by atoms with Crippen molar-refractivity contribution < 1.29 is 17.9 Å². The summed E-state index contributed by atoms with van der Waals surface area (Å²) in [5.41, 5.74) is 1.32. The van der Waals surface area contributed by atoms with Crippen LogP contribution in [-0.4, -0.2) is 50.8 Å². The molecule has 2 unspecified atom stereocenters. The molecule has 0 spiro atoms. The van der Waals surface area contributed by atoms with Gasteiger partial charge < -0.3 is 9.64 Å². The van der Waals surface area contributed by atoms with Gasteiger partial charge in [0.1, 0.15) is 0 Å². The van der Waals surface area contributed by atoms with Crippen molar-refractivity contribution in [2.45, 2.75) is 26.0 Å². The van der Waals surface area contributed by atoms with Crippen molar-refractivity contribution in [3.63, 3.8) is 0 Å². The highest BCUT2D eigenvalue weighted by atomic mass is 32.2. The minimum absolute atomic E-state index is 0.0462. The van der Waals surface area contributed by atoms with Crippen molar-refractivity contribution in [3.05, 3.63) is 35.9 Å². The highest BCUT2D eigenvalue weighted by Gasteiger charge is 2.25. The highest BCUT2D eigenvalue weighted by molar-refractivity contribution is 7.92. The van der Waals surface area contributed by atoms with E-state index in [1.807, 2.05) is 13.8 Å². The maximum absolute atomic E-state index is 12.3. The lowest BCUT2D eigenvalue weighted by Gasteiger charge is -2.36. The maximum Gasteiger partial charge on any atom is 0.246 e. The van der Waals surface area contributed by atoms with Gasteiger partial charge in [0.25, 0.3) is 0 Å². The molecule has 0 radical (unpaired) electrons. The van der Waals surface area contributed by atoms with E-state index in [1.54, 1.807) is 35.2 Å². The number of benzene rings is 1. The number of carbonyl (C=O) groups excluding carboxylic acids is 1. The largest absolute Gasteiger partial charge is 0.375 e. The predicted molar refractivity (Wildman–Crippen MR) is 90.5 cm³/mol. The second-order valence-corrected chi connectivity index (χ2v) is 7.56. The summed E-state index contributed by atoms with van der Waals surface area (Å²) >= 11 is 0. The molecule has 1 aromatic rings. The molecule has 2 rings (SSSR count). The molecule has 7 heteroatoms. The fraction of sp³-hybridized carbons (Fsp3) is 0.438. The van der Waals surface area contributed by atoms with E-state index in [4.69, 9.17) is 4.74 Å². The minimum atomic E-state index is -3.28. The number of rotatable bonds is 4. The lowest BCUT2D eigenvalue weighted by Crippen LogP contribution is -2.49. The summed E-state index contributed by atoms with van der Waals surface area (Å²) in [6.45, 7) is 5.04. The average molecular weight is 338 g/mol. The lowest BCUT2D eigenvalue weighted by molar-refractivity contribution is -0.137. The number of carbonyl (C=O) groups is 1. The Labute approximate surface area is 137 Å². The molecule has 0 aromatic heterocycles. The fourth-order valence-electron chi connectivity index (χ4n) is 2.35. The minimum Gasteiger partial charge on any atom is -0.375 e. The second kappa shape index (κ2) is 7.14. The number of anilines is 1. The van der Waals surface area contributed by atoms with Gasteiger partial charge in [0, 0.05) is 18.3 Å². The molecule has 1 saturated heterocycles. The molecule has 1 N–H and O–H groups in total. The summed E-state index contributed by atoms with van der Waals surface area (Å²) in [5.74, 6) is -0.0500. The third-order valence-corrected chi connectivity index (χ3v) is 4.13. The van der Waals surface area contributed by atoms with Gasteiger partial charge in [-0.05, 0) is 37.6 Å². The van der Waals surface area contributed by atoms with E-state index in [2.05, 4.69) is 4.72 Å². The van der Waals surface area contributed by atoms with Gasteiger partial charge in [0.05, 0.1) is 25.0 Å². The number of amides is 1. The van der Waals surface area contributed by atoms with Crippen LogP contribution in [0.1, 0.15) is 19.4 Å². The van der Waals surface area contributed by atoms with Crippen LogP contribution in [0.15, 0.2) is 30.3 Å². The predicted octanol–water partition coefficient (Wildman–Crippen LogP) is 1.71. The molecule has 23 heavy (non-hydrogen) atoms. The smallest absolute Gasteiger partial charge is 0.246 e. The van der Waals surface area contributed by atoms with E-state index in [0.29, 0.717) is 18.8 Å². The third-order valence-electron chi connectivity index (χ3n) is 3.52. The SMILES string of the molecule is CC1CN(C(=O)/C=C/c2ccc(NS(C)(=O)=O)cc2)C(C)CO1. The molecule has 1 aliphatic heterocycles. The Balaban J connectivity index is 2.00. The van der Waals surface area contributed by atoms with Crippen molar-refractivity contribution in [1.29, 1.82) is 0 Å². The molecule has 0 saturated carbocycles. The lowest BCUT2D eigenvalue weighted by atomic mass is 10.1. The summed E-state index contributed by atoms with van der Waals surface area (Å²) in [4.78, 5) is 14.1. The number of nitrogens with one attached hydrogen (secondary N) is 1. The van der Waals surface area contributed by atoms with Gasteiger partial charge in [0.15, 0.2) is 0 Å². The van der Waals surface area contributed by atoms with Crippen molar-refractivity contribution in [2.75, 3.05) is 24.1 Å². The van der Waals surface area contributed by atoms with Gasteiger partial charge in [-0.15, -0.1) is 0 Å². The molecule has 6 nitrogen and oxygen atoms in total. The van der Waals surface area contributed by atoms with Crippen LogP contribution in [0.5, 0.6) is 0 Å². The maximum atomic E-state index is 12.3. The van der Waals surface area contributed by atoms with E-state index < -0.39 is 10.0 Å².